The molecule has 20 heavy (non-hydrogen) atoms. The summed E-state index contributed by atoms with van der Waals surface area (Å²) in [6.07, 6.45) is 2.94. The molecular formula is C14H21BrN2O2S. The third-order valence-electron chi connectivity index (χ3n) is 3.68. The van der Waals surface area contributed by atoms with E-state index >= 15 is 0 Å². The van der Waals surface area contributed by atoms with Crippen LogP contribution in [0.15, 0.2) is 27.6 Å². The van der Waals surface area contributed by atoms with Gasteiger partial charge in [0.1, 0.15) is 0 Å². The van der Waals surface area contributed by atoms with Gasteiger partial charge in [-0.05, 0) is 65.9 Å². The van der Waals surface area contributed by atoms with Crippen molar-refractivity contribution in [2.24, 2.45) is 5.92 Å². The second kappa shape index (κ2) is 6.56. The van der Waals surface area contributed by atoms with Gasteiger partial charge in [0.05, 0.1) is 4.90 Å². The summed E-state index contributed by atoms with van der Waals surface area (Å²) >= 11 is 3.34. The fraction of sp³-hybridized carbons (Fsp3) is 0.571. The SMILES string of the molecule is CNCc1ccc(Br)c(S(=O)(=O)NC2CCC(C)C2)c1. The van der Waals surface area contributed by atoms with Crippen LogP contribution in [0, 0.1) is 5.92 Å². The van der Waals surface area contributed by atoms with Gasteiger partial charge in [-0.25, -0.2) is 13.1 Å². The van der Waals surface area contributed by atoms with E-state index in [0.717, 1.165) is 24.8 Å². The van der Waals surface area contributed by atoms with Gasteiger partial charge in [-0.3, -0.25) is 0 Å². The maximum absolute atomic E-state index is 12.5. The zero-order valence-electron chi connectivity index (χ0n) is 11.8. The van der Waals surface area contributed by atoms with Gasteiger partial charge in [-0.2, -0.15) is 0 Å². The van der Waals surface area contributed by atoms with Crippen LogP contribution < -0.4 is 10.0 Å². The van der Waals surface area contributed by atoms with Gasteiger partial charge in [0.2, 0.25) is 10.0 Å². The van der Waals surface area contributed by atoms with E-state index in [1.807, 2.05) is 13.1 Å². The van der Waals surface area contributed by atoms with E-state index in [4.69, 9.17) is 0 Å². The Labute approximate surface area is 129 Å². The fourth-order valence-corrected chi connectivity index (χ4v) is 4.96. The van der Waals surface area contributed by atoms with Crippen molar-refractivity contribution in [1.29, 1.82) is 0 Å². The van der Waals surface area contributed by atoms with E-state index in [-0.39, 0.29) is 6.04 Å². The van der Waals surface area contributed by atoms with E-state index in [1.54, 1.807) is 12.1 Å². The molecule has 0 heterocycles. The zero-order chi connectivity index (χ0) is 14.8. The summed E-state index contributed by atoms with van der Waals surface area (Å²) in [5.74, 6) is 0.599. The molecule has 2 rings (SSSR count). The predicted molar refractivity (Wildman–Crippen MR) is 84.0 cm³/mol. The van der Waals surface area contributed by atoms with Gasteiger partial charge in [0.15, 0.2) is 0 Å². The number of sulfonamides is 1. The lowest BCUT2D eigenvalue weighted by Gasteiger charge is -2.15. The van der Waals surface area contributed by atoms with Crippen molar-refractivity contribution in [2.45, 2.75) is 43.7 Å². The van der Waals surface area contributed by atoms with Crippen LogP contribution in [0.2, 0.25) is 0 Å². The van der Waals surface area contributed by atoms with Gasteiger partial charge in [-0.1, -0.05) is 13.0 Å². The van der Waals surface area contributed by atoms with Crippen molar-refractivity contribution in [2.75, 3.05) is 7.05 Å². The molecule has 0 bridgehead atoms. The van der Waals surface area contributed by atoms with E-state index in [9.17, 15) is 8.42 Å². The number of benzene rings is 1. The van der Waals surface area contributed by atoms with E-state index < -0.39 is 10.0 Å². The minimum Gasteiger partial charge on any atom is -0.316 e. The Kier molecular flexibility index (Phi) is 5.23. The Morgan fingerprint density at radius 1 is 1.35 bits per heavy atom. The Hall–Kier alpha value is -0.430. The standard InChI is InChI=1S/C14H21BrN2O2S/c1-10-3-5-12(7-10)17-20(18,19)14-8-11(9-16-2)4-6-13(14)15/h4,6,8,10,12,16-17H,3,5,7,9H2,1-2H3. The number of hydrogen-bond acceptors (Lipinski definition) is 3. The monoisotopic (exact) mass is 360 g/mol. The summed E-state index contributed by atoms with van der Waals surface area (Å²) in [5, 5.41) is 3.03. The Morgan fingerprint density at radius 3 is 2.70 bits per heavy atom. The van der Waals surface area contributed by atoms with Crippen molar-refractivity contribution in [3.05, 3.63) is 28.2 Å². The molecule has 0 aliphatic heterocycles. The largest absolute Gasteiger partial charge is 0.316 e. The van der Waals surface area contributed by atoms with E-state index in [2.05, 4.69) is 32.9 Å². The molecule has 1 aromatic rings. The summed E-state index contributed by atoms with van der Waals surface area (Å²) in [7, 11) is -1.62. The third kappa shape index (κ3) is 3.81. The van der Waals surface area contributed by atoms with Crippen molar-refractivity contribution in [3.63, 3.8) is 0 Å². The average molecular weight is 361 g/mol. The normalized spacial score (nSPS) is 23.1. The van der Waals surface area contributed by atoms with Crippen LogP contribution in [0.4, 0.5) is 0 Å². The van der Waals surface area contributed by atoms with Gasteiger partial charge in [0, 0.05) is 17.1 Å². The van der Waals surface area contributed by atoms with Crippen LogP contribution in [0.3, 0.4) is 0 Å². The molecule has 1 saturated carbocycles. The van der Waals surface area contributed by atoms with Crippen molar-refractivity contribution in [3.8, 4) is 0 Å². The lowest BCUT2D eigenvalue weighted by atomic mass is 10.1. The van der Waals surface area contributed by atoms with Crippen molar-refractivity contribution < 1.29 is 8.42 Å². The highest BCUT2D eigenvalue weighted by molar-refractivity contribution is 9.10. The minimum absolute atomic E-state index is 0.0647. The third-order valence-corrected chi connectivity index (χ3v) is 6.20. The molecule has 0 saturated heterocycles. The molecule has 4 nitrogen and oxygen atoms in total. The number of rotatable bonds is 5. The maximum atomic E-state index is 12.5. The highest BCUT2D eigenvalue weighted by atomic mass is 79.9. The number of halogens is 1. The van der Waals surface area contributed by atoms with Gasteiger partial charge < -0.3 is 5.32 Å². The molecule has 0 spiro atoms. The number of hydrogen-bond donors (Lipinski definition) is 2. The highest BCUT2D eigenvalue weighted by Gasteiger charge is 2.27. The quantitative estimate of drug-likeness (QED) is 0.848. The first-order valence-electron chi connectivity index (χ1n) is 6.87. The van der Waals surface area contributed by atoms with Crippen LogP contribution in [-0.4, -0.2) is 21.5 Å². The van der Waals surface area contributed by atoms with Crippen molar-refractivity contribution >= 4 is 26.0 Å². The summed E-state index contributed by atoms with van der Waals surface area (Å²) < 4.78 is 28.5. The molecule has 0 radical (unpaired) electrons. The molecule has 2 atom stereocenters. The molecule has 1 fully saturated rings. The van der Waals surface area contributed by atoms with Gasteiger partial charge in [0.25, 0.3) is 0 Å². The highest BCUT2D eigenvalue weighted by Crippen LogP contribution is 2.28. The zero-order valence-corrected chi connectivity index (χ0v) is 14.2. The number of nitrogens with one attached hydrogen (secondary N) is 2. The molecule has 1 aliphatic rings. The Morgan fingerprint density at radius 2 is 2.10 bits per heavy atom. The van der Waals surface area contributed by atoms with Crippen molar-refractivity contribution in [1.82, 2.24) is 10.0 Å². The van der Waals surface area contributed by atoms with Crippen LogP contribution in [0.25, 0.3) is 0 Å². The van der Waals surface area contributed by atoms with Crippen LogP contribution in [0.5, 0.6) is 0 Å². The summed E-state index contributed by atoms with van der Waals surface area (Å²) in [6.45, 7) is 2.81. The molecule has 0 amide bonds. The molecule has 2 N–H and O–H groups in total. The summed E-state index contributed by atoms with van der Waals surface area (Å²) in [4.78, 5) is 0.324. The Bertz CT molecular complexity index is 575. The van der Waals surface area contributed by atoms with E-state index in [1.165, 1.54) is 0 Å². The lowest BCUT2D eigenvalue weighted by Crippen LogP contribution is -2.33. The fourth-order valence-electron chi connectivity index (χ4n) is 2.66. The molecule has 1 aromatic carbocycles. The van der Waals surface area contributed by atoms with E-state index in [0.29, 0.717) is 21.8 Å². The second-order valence-corrected chi connectivity index (χ2v) is 8.07. The first kappa shape index (κ1) is 15.9. The lowest BCUT2D eigenvalue weighted by molar-refractivity contribution is 0.538. The average Bonchev–Trinajstić information content (AvgIpc) is 2.76. The van der Waals surface area contributed by atoms with Gasteiger partial charge >= 0.3 is 0 Å². The molecular weight excluding hydrogens is 340 g/mol. The first-order valence-corrected chi connectivity index (χ1v) is 9.15. The smallest absolute Gasteiger partial charge is 0.241 e. The maximum Gasteiger partial charge on any atom is 0.241 e. The molecule has 6 heteroatoms. The predicted octanol–water partition coefficient (Wildman–Crippen LogP) is 2.64. The van der Waals surface area contributed by atoms with Crippen LogP contribution in [-0.2, 0) is 16.6 Å². The second-order valence-electron chi connectivity index (χ2n) is 5.53. The first-order chi connectivity index (χ1) is 9.42. The van der Waals surface area contributed by atoms with Gasteiger partial charge in [-0.15, -0.1) is 0 Å². The molecule has 112 valence electrons. The Balaban J connectivity index is 2.22. The molecule has 1 aliphatic carbocycles. The van der Waals surface area contributed by atoms with Crippen LogP contribution in [0.1, 0.15) is 31.7 Å². The topological polar surface area (TPSA) is 58.2 Å². The molecule has 0 aromatic heterocycles. The minimum atomic E-state index is -3.46. The summed E-state index contributed by atoms with van der Waals surface area (Å²) in [5.41, 5.74) is 0.955. The molecule has 2 unspecified atom stereocenters. The van der Waals surface area contributed by atoms with Crippen LogP contribution >= 0.6 is 15.9 Å². The summed E-state index contributed by atoms with van der Waals surface area (Å²) in [6, 6.07) is 5.49.